The third kappa shape index (κ3) is 3.01. The fourth-order valence-electron chi connectivity index (χ4n) is 2.41. The minimum Gasteiger partial charge on any atom is -0.355 e. The molecule has 21 heavy (non-hydrogen) atoms. The molecular weight excluding hydrogens is 266 g/mol. The molecule has 0 radical (unpaired) electrons. The predicted molar refractivity (Wildman–Crippen MR) is 77.4 cm³/mol. The summed E-state index contributed by atoms with van der Waals surface area (Å²) in [7, 11) is 0. The summed E-state index contributed by atoms with van der Waals surface area (Å²) >= 11 is 0. The molecule has 1 fully saturated rings. The Labute approximate surface area is 122 Å². The van der Waals surface area contributed by atoms with Gasteiger partial charge in [0.05, 0.1) is 6.42 Å². The van der Waals surface area contributed by atoms with Gasteiger partial charge in [-0.05, 0) is 11.1 Å². The zero-order valence-corrected chi connectivity index (χ0v) is 11.4. The summed E-state index contributed by atoms with van der Waals surface area (Å²) in [6.45, 7) is 0. The summed E-state index contributed by atoms with van der Waals surface area (Å²) in [4.78, 5) is 23.0. The molecule has 1 atom stereocenters. The van der Waals surface area contributed by atoms with Crippen molar-refractivity contribution in [2.24, 2.45) is 0 Å². The third-order valence-corrected chi connectivity index (χ3v) is 3.43. The molecule has 1 unspecified atom stereocenters. The maximum atomic E-state index is 11.7. The van der Waals surface area contributed by atoms with Crippen LogP contribution in [0.15, 0.2) is 60.7 Å². The van der Waals surface area contributed by atoms with Gasteiger partial charge in [0.15, 0.2) is 0 Å². The largest absolute Gasteiger partial charge is 0.355 e. The van der Waals surface area contributed by atoms with Gasteiger partial charge < -0.3 is 4.74 Å². The molecule has 1 N–H and O–H groups in total. The van der Waals surface area contributed by atoms with Crippen LogP contribution in [0.2, 0.25) is 0 Å². The lowest BCUT2D eigenvalue weighted by atomic mass is 10.0. The minimum atomic E-state index is -0.733. The van der Waals surface area contributed by atoms with Crippen molar-refractivity contribution in [3.63, 3.8) is 0 Å². The lowest BCUT2D eigenvalue weighted by Crippen LogP contribution is -2.28. The Morgan fingerprint density at radius 3 is 1.86 bits per heavy atom. The Morgan fingerprint density at radius 1 is 0.905 bits per heavy atom. The standard InChI is InChI=1S/C17H15NO3/c19-15-11-14(17(20)18-15)21-16(12-7-3-1-4-8-12)13-9-5-2-6-10-13/h1-10,14,16H,11H2,(H,18,19,20). The Hall–Kier alpha value is -2.46. The highest BCUT2D eigenvalue weighted by Gasteiger charge is 2.34. The molecule has 1 saturated heterocycles. The molecule has 1 heterocycles. The van der Waals surface area contributed by atoms with Crippen molar-refractivity contribution >= 4 is 11.8 Å². The summed E-state index contributed by atoms with van der Waals surface area (Å²) in [6.07, 6.45) is -1.02. The molecule has 0 aromatic heterocycles. The van der Waals surface area contributed by atoms with Gasteiger partial charge in [0, 0.05) is 0 Å². The molecule has 1 aliphatic rings. The summed E-state index contributed by atoms with van der Waals surface area (Å²) in [5.74, 6) is -0.651. The van der Waals surface area contributed by atoms with Crippen molar-refractivity contribution in [2.45, 2.75) is 18.6 Å². The third-order valence-electron chi connectivity index (χ3n) is 3.43. The summed E-state index contributed by atoms with van der Waals surface area (Å²) in [5.41, 5.74) is 1.91. The quantitative estimate of drug-likeness (QED) is 0.874. The second kappa shape index (κ2) is 5.89. The van der Waals surface area contributed by atoms with E-state index in [-0.39, 0.29) is 24.3 Å². The molecule has 2 aromatic carbocycles. The first-order valence-electron chi connectivity index (χ1n) is 6.83. The number of benzene rings is 2. The lowest BCUT2D eigenvalue weighted by molar-refractivity contribution is -0.131. The number of amides is 2. The van der Waals surface area contributed by atoms with Crippen molar-refractivity contribution in [3.8, 4) is 0 Å². The first-order chi connectivity index (χ1) is 10.2. The average molecular weight is 281 g/mol. The van der Waals surface area contributed by atoms with Gasteiger partial charge in [-0.25, -0.2) is 0 Å². The van der Waals surface area contributed by atoms with E-state index in [4.69, 9.17) is 4.74 Å². The number of carbonyl (C=O) groups excluding carboxylic acids is 2. The molecule has 2 amide bonds. The van der Waals surface area contributed by atoms with Crippen molar-refractivity contribution < 1.29 is 14.3 Å². The number of imide groups is 1. The minimum absolute atomic E-state index is 0.0784. The zero-order chi connectivity index (χ0) is 14.7. The monoisotopic (exact) mass is 281 g/mol. The summed E-state index contributed by atoms with van der Waals surface area (Å²) in [6, 6.07) is 19.4. The Morgan fingerprint density at radius 2 is 1.43 bits per heavy atom. The normalized spacial score (nSPS) is 18.0. The maximum Gasteiger partial charge on any atom is 0.256 e. The van der Waals surface area contributed by atoms with Crippen molar-refractivity contribution in [1.29, 1.82) is 0 Å². The topological polar surface area (TPSA) is 55.4 Å². The number of rotatable bonds is 4. The van der Waals surface area contributed by atoms with E-state index in [2.05, 4.69) is 5.32 Å². The Bertz CT molecular complexity index is 600. The highest BCUT2D eigenvalue weighted by atomic mass is 16.5. The van der Waals surface area contributed by atoms with Gasteiger partial charge in [-0.3, -0.25) is 14.9 Å². The second-order valence-corrected chi connectivity index (χ2v) is 4.94. The molecule has 0 spiro atoms. The fourth-order valence-corrected chi connectivity index (χ4v) is 2.41. The Balaban J connectivity index is 1.90. The van der Waals surface area contributed by atoms with Crippen LogP contribution >= 0.6 is 0 Å². The van der Waals surface area contributed by atoms with E-state index in [1.54, 1.807) is 0 Å². The van der Waals surface area contributed by atoms with Crippen LogP contribution in [0, 0.1) is 0 Å². The number of carbonyl (C=O) groups is 2. The zero-order valence-electron chi connectivity index (χ0n) is 11.4. The van der Waals surface area contributed by atoms with Crippen LogP contribution in [0.4, 0.5) is 0 Å². The predicted octanol–water partition coefficient (Wildman–Crippen LogP) is 2.21. The van der Waals surface area contributed by atoms with Crippen molar-refractivity contribution in [2.75, 3.05) is 0 Å². The van der Waals surface area contributed by atoms with E-state index in [0.29, 0.717) is 0 Å². The van der Waals surface area contributed by atoms with Crippen LogP contribution in [-0.4, -0.2) is 17.9 Å². The molecule has 2 aromatic rings. The lowest BCUT2D eigenvalue weighted by Gasteiger charge is -2.21. The molecule has 0 saturated carbocycles. The van der Waals surface area contributed by atoms with Crippen molar-refractivity contribution in [3.05, 3.63) is 71.8 Å². The van der Waals surface area contributed by atoms with E-state index in [1.165, 1.54) is 0 Å². The summed E-state index contributed by atoms with van der Waals surface area (Å²) in [5, 5.41) is 2.27. The van der Waals surface area contributed by atoms with Crippen LogP contribution in [0.25, 0.3) is 0 Å². The second-order valence-electron chi connectivity index (χ2n) is 4.94. The molecule has 0 aliphatic carbocycles. The first-order valence-corrected chi connectivity index (χ1v) is 6.83. The van der Waals surface area contributed by atoms with Gasteiger partial charge in [0.1, 0.15) is 12.2 Å². The molecule has 106 valence electrons. The number of hydrogen-bond donors (Lipinski definition) is 1. The average Bonchev–Trinajstić information content (AvgIpc) is 2.84. The number of hydrogen-bond acceptors (Lipinski definition) is 3. The maximum absolute atomic E-state index is 11.7. The number of nitrogens with one attached hydrogen (secondary N) is 1. The van der Waals surface area contributed by atoms with Crippen LogP contribution in [0.3, 0.4) is 0 Å². The van der Waals surface area contributed by atoms with E-state index in [1.807, 2.05) is 60.7 Å². The Kier molecular flexibility index (Phi) is 3.79. The first kappa shape index (κ1) is 13.5. The van der Waals surface area contributed by atoms with Gasteiger partial charge in [0.25, 0.3) is 5.91 Å². The van der Waals surface area contributed by atoms with Crippen LogP contribution < -0.4 is 5.32 Å². The molecule has 4 heteroatoms. The van der Waals surface area contributed by atoms with Gasteiger partial charge >= 0.3 is 0 Å². The molecule has 1 aliphatic heterocycles. The van der Waals surface area contributed by atoms with Crippen LogP contribution in [-0.2, 0) is 14.3 Å². The van der Waals surface area contributed by atoms with E-state index in [0.717, 1.165) is 11.1 Å². The highest BCUT2D eigenvalue weighted by molar-refractivity contribution is 6.04. The van der Waals surface area contributed by atoms with E-state index in [9.17, 15) is 9.59 Å². The van der Waals surface area contributed by atoms with Crippen LogP contribution in [0.5, 0.6) is 0 Å². The fraction of sp³-hybridized carbons (Fsp3) is 0.176. The van der Waals surface area contributed by atoms with E-state index >= 15 is 0 Å². The molecular formula is C17H15NO3. The SMILES string of the molecule is O=C1CC(OC(c2ccccc2)c2ccccc2)C(=O)N1. The molecule has 0 bridgehead atoms. The van der Waals surface area contributed by atoms with Gasteiger partial charge in [-0.2, -0.15) is 0 Å². The van der Waals surface area contributed by atoms with Gasteiger partial charge in [-0.1, -0.05) is 60.7 Å². The summed E-state index contributed by atoms with van der Waals surface area (Å²) < 4.78 is 5.93. The van der Waals surface area contributed by atoms with Gasteiger partial charge in [0.2, 0.25) is 5.91 Å². The van der Waals surface area contributed by atoms with Crippen molar-refractivity contribution in [1.82, 2.24) is 5.32 Å². The molecule has 3 rings (SSSR count). The molecule has 4 nitrogen and oxygen atoms in total. The van der Waals surface area contributed by atoms with E-state index < -0.39 is 6.10 Å². The van der Waals surface area contributed by atoms with Gasteiger partial charge in [-0.15, -0.1) is 0 Å². The smallest absolute Gasteiger partial charge is 0.256 e. The highest BCUT2D eigenvalue weighted by Crippen LogP contribution is 2.28. The van der Waals surface area contributed by atoms with Crippen LogP contribution in [0.1, 0.15) is 23.7 Å². The number of ether oxygens (including phenoxy) is 1.